The highest BCUT2D eigenvalue weighted by atomic mass is 35.5. The maximum atomic E-state index is 6.06. The number of H-pyrrole nitrogens is 1. The molecule has 0 saturated carbocycles. The van der Waals surface area contributed by atoms with Crippen molar-refractivity contribution in [1.29, 1.82) is 0 Å². The first-order valence-electron chi connectivity index (χ1n) is 6.41. The van der Waals surface area contributed by atoms with Gasteiger partial charge in [0, 0.05) is 17.3 Å². The van der Waals surface area contributed by atoms with Crippen molar-refractivity contribution in [3.63, 3.8) is 0 Å². The average Bonchev–Trinajstić information content (AvgIpc) is 3.05. The summed E-state index contributed by atoms with van der Waals surface area (Å²) in [4.78, 5) is 16.4. The highest BCUT2D eigenvalue weighted by Gasteiger charge is 2.11. The topological polar surface area (TPSA) is 80.5 Å². The minimum Gasteiger partial charge on any atom is -0.340 e. The molecule has 0 unspecified atom stereocenters. The van der Waals surface area contributed by atoms with E-state index in [0.29, 0.717) is 23.2 Å². The van der Waals surface area contributed by atoms with Gasteiger partial charge in [-0.3, -0.25) is 4.98 Å². The number of rotatable bonds is 2. The van der Waals surface area contributed by atoms with Gasteiger partial charge in [-0.15, -0.1) is 0 Å². The number of imidazole rings is 1. The molecule has 0 saturated heterocycles. The summed E-state index contributed by atoms with van der Waals surface area (Å²) in [7, 11) is 0. The Balaban J connectivity index is 1.85. The summed E-state index contributed by atoms with van der Waals surface area (Å²) in [5.74, 6) is 1.90. The number of halogens is 1. The summed E-state index contributed by atoms with van der Waals surface area (Å²) in [6, 6.07) is 5.57. The minimum atomic E-state index is 0.480. The van der Waals surface area contributed by atoms with Crippen molar-refractivity contribution in [2.24, 2.45) is 0 Å². The third kappa shape index (κ3) is 2.13. The first-order valence-corrected chi connectivity index (χ1v) is 6.79. The number of aryl methyl sites for hydroxylation is 1. The lowest BCUT2D eigenvalue weighted by Gasteiger charge is -1.97. The first kappa shape index (κ1) is 12.3. The Morgan fingerprint density at radius 1 is 1.29 bits per heavy atom. The van der Waals surface area contributed by atoms with E-state index in [1.807, 2.05) is 18.2 Å². The van der Waals surface area contributed by atoms with Gasteiger partial charge in [-0.25, -0.2) is 4.98 Å². The van der Waals surface area contributed by atoms with Crippen LogP contribution in [0.1, 0.15) is 17.5 Å². The van der Waals surface area contributed by atoms with E-state index in [0.717, 1.165) is 27.8 Å². The van der Waals surface area contributed by atoms with E-state index in [9.17, 15) is 0 Å². The number of nitrogens with zero attached hydrogens (tertiary/aromatic N) is 4. The number of benzene rings is 1. The molecule has 0 atom stereocenters. The number of hydrogen-bond acceptors (Lipinski definition) is 5. The second-order valence-corrected chi connectivity index (χ2v) is 5.21. The molecule has 0 aliphatic carbocycles. The first-order chi connectivity index (χ1) is 10.2. The van der Waals surface area contributed by atoms with Crippen molar-refractivity contribution in [2.75, 3.05) is 0 Å². The Labute approximate surface area is 124 Å². The van der Waals surface area contributed by atoms with E-state index in [-0.39, 0.29) is 0 Å². The van der Waals surface area contributed by atoms with Gasteiger partial charge in [0.1, 0.15) is 5.82 Å². The van der Waals surface area contributed by atoms with Crippen LogP contribution >= 0.6 is 11.6 Å². The fourth-order valence-corrected chi connectivity index (χ4v) is 2.50. The van der Waals surface area contributed by atoms with E-state index >= 15 is 0 Å². The van der Waals surface area contributed by atoms with Crippen LogP contribution in [-0.2, 0) is 6.42 Å². The average molecular weight is 300 g/mol. The number of aromatic amines is 1. The highest BCUT2D eigenvalue weighted by Crippen LogP contribution is 2.25. The molecule has 3 aromatic heterocycles. The Morgan fingerprint density at radius 3 is 3.00 bits per heavy atom. The normalized spacial score (nSPS) is 11.5. The number of aromatic nitrogens is 5. The molecule has 0 aliphatic rings. The smallest absolute Gasteiger partial charge is 0.223 e. The molecule has 21 heavy (non-hydrogen) atoms. The molecule has 3 heterocycles. The molecule has 4 rings (SSSR count). The quantitative estimate of drug-likeness (QED) is 0.615. The molecular formula is C14H10ClN5O. The zero-order valence-corrected chi connectivity index (χ0v) is 11.8. The predicted molar refractivity (Wildman–Crippen MR) is 78.2 cm³/mol. The summed E-state index contributed by atoms with van der Waals surface area (Å²) >= 11 is 6.06. The van der Waals surface area contributed by atoms with E-state index in [4.69, 9.17) is 16.1 Å². The van der Waals surface area contributed by atoms with E-state index in [1.54, 1.807) is 13.1 Å². The van der Waals surface area contributed by atoms with Crippen LogP contribution < -0.4 is 0 Å². The van der Waals surface area contributed by atoms with Crippen molar-refractivity contribution in [2.45, 2.75) is 13.3 Å². The van der Waals surface area contributed by atoms with Crippen molar-refractivity contribution in [1.82, 2.24) is 25.1 Å². The molecule has 0 amide bonds. The van der Waals surface area contributed by atoms with Crippen molar-refractivity contribution in [3.05, 3.63) is 47.0 Å². The van der Waals surface area contributed by atoms with Gasteiger partial charge >= 0.3 is 0 Å². The van der Waals surface area contributed by atoms with Crippen molar-refractivity contribution in [3.8, 4) is 0 Å². The van der Waals surface area contributed by atoms with Crippen LogP contribution in [0.25, 0.3) is 21.9 Å². The van der Waals surface area contributed by atoms with Gasteiger partial charge in [0.15, 0.2) is 5.82 Å². The Kier molecular flexibility index (Phi) is 2.65. The molecule has 6 nitrogen and oxygen atoms in total. The summed E-state index contributed by atoms with van der Waals surface area (Å²) in [5.41, 5.74) is 2.57. The molecule has 0 aliphatic heterocycles. The summed E-state index contributed by atoms with van der Waals surface area (Å²) < 4.78 is 4.96. The van der Waals surface area contributed by atoms with Gasteiger partial charge in [0.25, 0.3) is 0 Å². The Morgan fingerprint density at radius 2 is 2.19 bits per heavy atom. The molecule has 7 heteroatoms. The third-order valence-electron chi connectivity index (χ3n) is 3.22. The third-order valence-corrected chi connectivity index (χ3v) is 3.46. The van der Waals surface area contributed by atoms with Gasteiger partial charge in [0.2, 0.25) is 5.89 Å². The van der Waals surface area contributed by atoms with Crippen LogP contribution in [0.4, 0.5) is 0 Å². The van der Waals surface area contributed by atoms with Gasteiger partial charge < -0.3 is 9.51 Å². The molecule has 1 aromatic carbocycles. The molecule has 0 spiro atoms. The molecule has 104 valence electrons. The van der Waals surface area contributed by atoms with Crippen LogP contribution in [0.3, 0.4) is 0 Å². The lowest BCUT2D eigenvalue weighted by molar-refractivity contribution is 0.388. The van der Waals surface area contributed by atoms with E-state index < -0.39 is 0 Å². The van der Waals surface area contributed by atoms with Crippen molar-refractivity contribution < 1.29 is 4.52 Å². The van der Waals surface area contributed by atoms with E-state index in [2.05, 4.69) is 25.1 Å². The van der Waals surface area contributed by atoms with Gasteiger partial charge in [-0.2, -0.15) is 4.98 Å². The second-order valence-electron chi connectivity index (χ2n) is 4.77. The molecule has 4 aromatic rings. The van der Waals surface area contributed by atoms with Crippen LogP contribution in [0.2, 0.25) is 5.02 Å². The number of pyridine rings is 1. The van der Waals surface area contributed by atoms with Crippen LogP contribution in [0.15, 0.2) is 28.9 Å². The summed E-state index contributed by atoms with van der Waals surface area (Å²) in [6.07, 6.45) is 2.25. The van der Waals surface area contributed by atoms with Gasteiger partial charge in [0.05, 0.1) is 29.2 Å². The maximum Gasteiger partial charge on any atom is 0.223 e. The van der Waals surface area contributed by atoms with Crippen molar-refractivity contribution >= 4 is 33.5 Å². The standard InChI is InChI=1S/C14H10ClN5O/c1-7-17-13(20-21-7)5-12-18-11-6-16-10-3-2-8(15)4-9(10)14(11)19-12/h2-4,6H,5H2,1H3,(H,18,19). The van der Waals surface area contributed by atoms with Crippen LogP contribution in [0.5, 0.6) is 0 Å². The van der Waals surface area contributed by atoms with Gasteiger partial charge in [-0.05, 0) is 18.2 Å². The molecule has 0 fully saturated rings. The second kappa shape index (κ2) is 4.53. The fraction of sp³-hybridized carbons (Fsp3) is 0.143. The lowest BCUT2D eigenvalue weighted by Crippen LogP contribution is -1.92. The number of nitrogens with one attached hydrogen (secondary N) is 1. The summed E-state index contributed by atoms with van der Waals surface area (Å²) in [5, 5.41) is 5.46. The number of fused-ring (bicyclic) bond motifs is 3. The minimum absolute atomic E-state index is 0.480. The largest absolute Gasteiger partial charge is 0.340 e. The zero-order chi connectivity index (χ0) is 14.4. The fourth-order valence-electron chi connectivity index (χ4n) is 2.33. The number of hydrogen-bond donors (Lipinski definition) is 1. The van der Waals surface area contributed by atoms with Gasteiger partial charge in [-0.1, -0.05) is 16.8 Å². The molecule has 1 N–H and O–H groups in total. The summed E-state index contributed by atoms with van der Waals surface area (Å²) in [6.45, 7) is 1.76. The van der Waals surface area contributed by atoms with E-state index in [1.165, 1.54) is 0 Å². The Bertz CT molecular complexity index is 958. The van der Waals surface area contributed by atoms with Crippen LogP contribution in [0, 0.1) is 6.92 Å². The maximum absolute atomic E-state index is 6.06. The Hall–Kier alpha value is -2.47. The monoisotopic (exact) mass is 299 g/mol. The molecule has 0 radical (unpaired) electrons. The lowest BCUT2D eigenvalue weighted by atomic mass is 10.2. The SMILES string of the molecule is Cc1nc(Cc2nc3c(cnc4ccc(Cl)cc43)[nH]2)no1. The van der Waals surface area contributed by atoms with Crippen LogP contribution in [-0.4, -0.2) is 25.1 Å². The zero-order valence-electron chi connectivity index (χ0n) is 11.1. The highest BCUT2D eigenvalue weighted by molar-refractivity contribution is 6.31. The molecular weight excluding hydrogens is 290 g/mol. The molecule has 0 bridgehead atoms. The predicted octanol–water partition coefficient (Wildman–Crippen LogP) is 3.05.